The molecule has 3 nitrogen and oxygen atoms in total. The highest BCUT2D eigenvalue weighted by molar-refractivity contribution is 6.74. The van der Waals surface area contributed by atoms with E-state index in [1.54, 1.807) is 0 Å². The van der Waals surface area contributed by atoms with Crippen LogP contribution < -0.4 is 0 Å². The number of aliphatic hydroxyl groups is 1. The zero-order valence-corrected chi connectivity index (χ0v) is 28.4. The number of pyridine rings is 1. The summed E-state index contributed by atoms with van der Waals surface area (Å²) < 4.78 is 7.29. The van der Waals surface area contributed by atoms with Gasteiger partial charge in [-0.2, -0.15) is 0 Å². The summed E-state index contributed by atoms with van der Waals surface area (Å²) in [7, 11) is -2.06. The average molecular weight is 562 g/mol. The molecule has 0 radical (unpaired) electrons. The molecule has 3 atom stereocenters. The van der Waals surface area contributed by atoms with Gasteiger partial charge in [-0.1, -0.05) is 106 Å². The van der Waals surface area contributed by atoms with Gasteiger partial charge in [0, 0.05) is 28.4 Å². The zero-order valence-electron chi connectivity index (χ0n) is 27.4. The Labute approximate surface area is 246 Å². The van der Waals surface area contributed by atoms with Crippen molar-refractivity contribution in [2.45, 2.75) is 143 Å². The second-order valence-electron chi connectivity index (χ2n) is 16.1. The van der Waals surface area contributed by atoms with Crippen LogP contribution >= 0.6 is 0 Å². The molecule has 2 aliphatic carbocycles. The maximum atomic E-state index is 12.2. The smallest absolute Gasteiger partial charge is 0.192 e. The lowest BCUT2D eigenvalue weighted by Gasteiger charge is -2.45. The van der Waals surface area contributed by atoms with Gasteiger partial charge >= 0.3 is 0 Å². The topological polar surface area (TPSA) is 42.4 Å². The highest BCUT2D eigenvalue weighted by Crippen LogP contribution is 2.52. The lowest BCUT2D eigenvalue weighted by atomic mass is 9.70. The van der Waals surface area contributed by atoms with Crippen LogP contribution in [0.5, 0.6) is 0 Å². The molecule has 0 saturated heterocycles. The van der Waals surface area contributed by atoms with Gasteiger partial charge in [0.25, 0.3) is 0 Å². The lowest BCUT2D eigenvalue weighted by molar-refractivity contribution is 0.104. The van der Waals surface area contributed by atoms with Crippen LogP contribution in [0.2, 0.25) is 18.1 Å². The van der Waals surface area contributed by atoms with Crippen LogP contribution in [0.1, 0.15) is 152 Å². The number of rotatable bonds is 6. The number of benzene rings is 1. The first-order valence-corrected chi connectivity index (χ1v) is 18.4. The van der Waals surface area contributed by atoms with E-state index in [-0.39, 0.29) is 33.8 Å². The molecular formula is C36H55NO2Si. The molecule has 0 aliphatic heterocycles. The van der Waals surface area contributed by atoms with Gasteiger partial charge in [-0.15, -0.1) is 0 Å². The van der Waals surface area contributed by atoms with E-state index in [2.05, 4.69) is 119 Å². The van der Waals surface area contributed by atoms with Crippen molar-refractivity contribution in [2.75, 3.05) is 0 Å². The monoisotopic (exact) mass is 561 g/mol. The molecule has 0 fully saturated rings. The number of hydrogen-bond donors (Lipinski definition) is 1. The summed E-state index contributed by atoms with van der Waals surface area (Å²) in [6, 6.07) is 8.60. The van der Waals surface area contributed by atoms with Gasteiger partial charge in [0.05, 0.1) is 6.10 Å². The van der Waals surface area contributed by atoms with Crippen LogP contribution in [0.4, 0.5) is 0 Å². The van der Waals surface area contributed by atoms with E-state index < -0.39 is 14.4 Å². The van der Waals surface area contributed by atoms with Gasteiger partial charge in [0.15, 0.2) is 8.32 Å². The first kappa shape index (κ1) is 31.2. The molecule has 1 aromatic carbocycles. The van der Waals surface area contributed by atoms with E-state index in [9.17, 15) is 5.11 Å². The van der Waals surface area contributed by atoms with Crippen molar-refractivity contribution >= 4 is 8.32 Å². The van der Waals surface area contributed by atoms with E-state index in [4.69, 9.17) is 9.41 Å². The normalized spacial score (nSPS) is 22.1. The van der Waals surface area contributed by atoms with E-state index in [0.29, 0.717) is 0 Å². The van der Waals surface area contributed by atoms with Gasteiger partial charge in [-0.05, 0) is 77.3 Å². The minimum absolute atomic E-state index is 0.00781. The first-order valence-electron chi connectivity index (χ1n) is 15.5. The van der Waals surface area contributed by atoms with Crippen molar-refractivity contribution in [3.63, 3.8) is 0 Å². The molecular weight excluding hydrogens is 506 g/mol. The first-order chi connectivity index (χ1) is 18.3. The third kappa shape index (κ3) is 6.20. The molecule has 40 heavy (non-hydrogen) atoms. The van der Waals surface area contributed by atoms with Crippen LogP contribution in [0, 0.1) is 5.41 Å². The van der Waals surface area contributed by atoms with Crippen molar-refractivity contribution in [1.82, 2.24) is 4.98 Å². The molecule has 2 unspecified atom stereocenters. The number of fused-ring (bicyclic) bond motifs is 1. The molecule has 220 valence electrons. The molecule has 4 rings (SSSR count). The summed E-state index contributed by atoms with van der Waals surface area (Å²) in [4.78, 5) is 5.44. The summed E-state index contributed by atoms with van der Waals surface area (Å²) in [5.74, 6) is 0.484. The minimum atomic E-state index is -2.06. The molecule has 0 saturated carbocycles. The fourth-order valence-electron chi connectivity index (χ4n) is 6.29. The summed E-state index contributed by atoms with van der Waals surface area (Å²) in [5.41, 5.74) is 8.24. The van der Waals surface area contributed by atoms with E-state index in [0.717, 1.165) is 42.5 Å². The van der Waals surface area contributed by atoms with E-state index >= 15 is 0 Å². The highest BCUT2D eigenvalue weighted by atomic mass is 28.4. The van der Waals surface area contributed by atoms with Gasteiger partial charge in [0.2, 0.25) is 0 Å². The summed E-state index contributed by atoms with van der Waals surface area (Å²) >= 11 is 0. The summed E-state index contributed by atoms with van der Waals surface area (Å²) in [6.45, 7) is 27.6. The Bertz CT molecular complexity index is 1240. The number of allylic oxidation sites excluding steroid dienone is 2. The third-order valence-electron chi connectivity index (χ3n) is 9.67. The standard InChI is InChI=1S/C36H55NO2Si/c1-23(2)32-31(33(38)25-17-19-26(20-18-25)34(3,4)5)29(24-15-13-14-16-24)30-27(37-32)21-36(9,10)22-28(30)39-40(11,12)35(6,7)8/h13,15,17-20,23-24,28,33,38H,14,16,21-22H2,1-12H3/t24?,28?,33-/m1/s1. The molecule has 0 bridgehead atoms. The average Bonchev–Trinajstić information content (AvgIpc) is 3.35. The SMILES string of the molecule is CC(C)c1nc2c(c(C3C=CCC3)c1[C@H](O)c1ccc(C(C)(C)C)cc1)C(O[Si](C)(C)C(C)(C)C)CC(C)(C)C2. The van der Waals surface area contributed by atoms with Crippen molar-refractivity contribution in [3.05, 3.63) is 75.6 Å². The van der Waals surface area contributed by atoms with Gasteiger partial charge in [-0.3, -0.25) is 4.98 Å². The van der Waals surface area contributed by atoms with Crippen LogP contribution in [0.25, 0.3) is 0 Å². The number of aromatic nitrogens is 1. The third-order valence-corrected chi connectivity index (χ3v) is 14.2. The molecule has 4 heteroatoms. The van der Waals surface area contributed by atoms with Crippen LogP contribution in [0.3, 0.4) is 0 Å². The second kappa shape index (κ2) is 10.8. The Balaban J connectivity index is 1.98. The Morgan fingerprint density at radius 2 is 1.62 bits per heavy atom. The van der Waals surface area contributed by atoms with Crippen molar-refractivity contribution in [3.8, 4) is 0 Å². The Morgan fingerprint density at radius 3 is 2.12 bits per heavy atom. The number of aliphatic hydroxyl groups excluding tert-OH is 1. The highest BCUT2D eigenvalue weighted by Gasteiger charge is 2.45. The van der Waals surface area contributed by atoms with Gasteiger partial charge in [-0.25, -0.2) is 0 Å². The minimum Gasteiger partial charge on any atom is -0.410 e. The molecule has 1 N–H and O–H groups in total. The summed E-state index contributed by atoms with van der Waals surface area (Å²) in [6.07, 6.45) is 8.04. The van der Waals surface area contributed by atoms with E-state index in [1.807, 2.05) is 0 Å². The molecule has 0 amide bonds. The molecule has 1 aromatic heterocycles. The van der Waals surface area contributed by atoms with E-state index in [1.165, 1.54) is 22.4 Å². The Morgan fingerprint density at radius 1 is 1.00 bits per heavy atom. The maximum absolute atomic E-state index is 12.2. The lowest BCUT2D eigenvalue weighted by Crippen LogP contribution is -2.44. The van der Waals surface area contributed by atoms with Crippen LogP contribution in [-0.2, 0) is 16.3 Å². The quantitative estimate of drug-likeness (QED) is 0.282. The van der Waals surface area contributed by atoms with Crippen LogP contribution in [0.15, 0.2) is 36.4 Å². The summed E-state index contributed by atoms with van der Waals surface area (Å²) in [5, 5.41) is 12.3. The van der Waals surface area contributed by atoms with Crippen molar-refractivity contribution < 1.29 is 9.53 Å². The molecule has 1 heterocycles. The number of hydrogen-bond acceptors (Lipinski definition) is 3. The molecule has 0 spiro atoms. The van der Waals surface area contributed by atoms with Crippen molar-refractivity contribution in [1.29, 1.82) is 0 Å². The predicted octanol–water partition coefficient (Wildman–Crippen LogP) is 10.1. The number of nitrogens with zero attached hydrogens (tertiary/aromatic N) is 1. The fourth-order valence-corrected chi connectivity index (χ4v) is 7.56. The zero-order chi connectivity index (χ0) is 29.8. The van der Waals surface area contributed by atoms with Crippen LogP contribution in [-0.4, -0.2) is 18.4 Å². The fraction of sp³-hybridized carbons (Fsp3) is 0.639. The van der Waals surface area contributed by atoms with Gasteiger partial charge in [0.1, 0.15) is 6.10 Å². The maximum Gasteiger partial charge on any atom is 0.192 e. The largest absolute Gasteiger partial charge is 0.410 e. The van der Waals surface area contributed by atoms with Gasteiger partial charge < -0.3 is 9.53 Å². The Kier molecular flexibility index (Phi) is 8.44. The second-order valence-corrected chi connectivity index (χ2v) is 20.9. The molecule has 2 aliphatic rings. The predicted molar refractivity (Wildman–Crippen MR) is 172 cm³/mol. The Hall–Kier alpha value is -1.75. The van der Waals surface area contributed by atoms with Crippen molar-refractivity contribution in [2.24, 2.45) is 5.41 Å². The molecule has 2 aromatic rings.